The van der Waals surface area contributed by atoms with Crippen LogP contribution in [0.5, 0.6) is 0 Å². The minimum Gasteiger partial charge on any atom is -0.354 e. The van der Waals surface area contributed by atoms with Crippen molar-refractivity contribution in [3.63, 3.8) is 0 Å². The Morgan fingerprint density at radius 2 is 1.88 bits per heavy atom. The fraction of sp³-hybridized carbons (Fsp3) is 0.833. The fourth-order valence-corrected chi connectivity index (χ4v) is 1.56. The SMILES string of the molecule is CCC(N)(CC)C(=O)NCCC(=O)NC1CC1. The summed E-state index contributed by atoms with van der Waals surface area (Å²) in [7, 11) is 0. The molecule has 0 bridgehead atoms. The zero-order chi connectivity index (χ0) is 12.9. The third-order valence-electron chi connectivity index (χ3n) is 3.29. The lowest BCUT2D eigenvalue weighted by Gasteiger charge is -2.25. The molecule has 0 unspecified atom stereocenters. The van der Waals surface area contributed by atoms with Gasteiger partial charge >= 0.3 is 0 Å². The van der Waals surface area contributed by atoms with Gasteiger partial charge in [0.1, 0.15) is 0 Å². The zero-order valence-electron chi connectivity index (χ0n) is 10.7. The average molecular weight is 241 g/mol. The van der Waals surface area contributed by atoms with Gasteiger partial charge in [0.2, 0.25) is 11.8 Å². The lowest BCUT2D eigenvalue weighted by Crippen LogP contribution is -2.53. The van der Waals surface area contributed by atoms with Crippen molar-refractivity contribution in [2.24, 2.45) is 5.73 Å². The lowest BCUT2D eigenvalue weighted by molar-refractivity contribution is -0.126. The summed E-state index contributed by atoms with van der Waals surface area (Å²) in [6, 6.07) is 0.373. The minimum absolute atomic E-state index is 0.00317. The van der Waals surface area contributed by atoms with Crippen molar-refractivity contribution in [2.45, 2.75) is 57.5 Å². The summed E-state index contributed by atoms with van der Waals surface area (Å²) in [5, 5.41) is 5.60. The first-order valence-electron chi connectivity index (χ1n) is 6.38. The molecule has 0 spiro atoms. The number of amides is 2. The Morgan fingerprint density at radius 3 is 2.35 bits per heavy atom. The maximum Gasteiger partial charge on any atom is 0.240 e. The summed E-state index contributed by atoms with van der Waals surface area (Å²) in [4.78, 5) is 23.1. The molecule has 1 rings (SSSR count). The zero-order valence-corrected chi connectivity index (χ0v) is 10.7. The molecule has 17 heavy (non-hydrogen) atoms. The molecule has 0 heterocycles. The first-order chi connectivity index (χ1) is 8.01. The van der Waals surface area contributed by atoms with Crippen molar-refractivity contribution in [3.8, 4) is 0 Å². The van der Waals surface area contributed by atoms with Crippen LogP contribution in [0.2, 0.25) is 0 Å². The maximum absolute atomic E-state index is 11.8. The summed E-state index contributed by atoms with van der Waals surface area (Å²) in [6.45, 7) is 4.14. The Balaban J connectivity index is 2.20. The highest BCUT2D eigenvalue weighted by molar-refractivity contribution is 5.86. The average Bonchev–Trinajstić information content (AvgIpc) is 3.11. The van der Waals surface area contributed by atoms with Gasteiger partial charge in [-0.25, -0.2) is 0 Å². The molecule has 0 saturated heterocycles. The molecule has 2 amide bonds. The van der Waals surface area contributed by atoms with Gasteiger partial charge in [0.15, 0.2) is 0 Å². The number of rotatable bonds is 7. The van der Waals surface area contributed by atoms with E-state index in [1.807, 2.05) is 13.8 Å². The van der Waals surface area contributed by atoms with Crippen LogP contribution in [-0.2, 0) is 9.59 Å². The van der Waals surface area contributed by atoms with Gasteiger partial charge in [-0.3, -0.25) is 9.59 Å². The van der Waals surface area contributed by atoms with E-state index < -0.39 is 5.54 Å². The highest BCUT2D eigenvalue weighted by Gasteiger charge is 2.29. The van der Waals surface area contributed by atoms with E-state index >= 15 is 0 Å². The Bertz CT molecular complexity index is 283. The van der Waals surface area contributed by atoms with Crippen molar-refractivity contribution in [1.29, 1.82) is 0 Å². The predicted octanol–water partition coefficient (Wildman–Crippen LogP) is 0.289. The number of hydrogen-bond acceptors (Lipinski definition) is 3. The fourth-order valence-electron chi connectivity index (χ4n) is 1.56. The summed E-state index contributed by atoms with van der Waals surface area (Å²) in [5.41, 5.74) is 5.14. The normalized spacial score (nSPS) is 15.5. The van der Waals surface area contributed by atoms with Crippen LogP contribution < -0.4 is 16.4 Å². The minimum atomic E-state index is -0.799. The van der Waals surface area contributed by atoms with E-state index in [1.165, 1.54) is 0 Å². The first-order valence-corrected chi connectivity index (χ1v) is 6.38. The Kier molecular flexibility index (Phi) is 4.93. The van der Waals surface area contributed by atoms with Crippen molar-refractivity contribution in [1.82, 2.24) is 10.6 Å². The van der Waals surface area contributed by atoms with Crippen LogP contribution in [0.3, 0.4) is 0 Å². The molecule has 1 aliphatic rings. The van der Waals surface area contributed by atoms with Gasteiger partial charge in [-0.05, 0) is 25.7 Å². The third kappa shape index (κ3) is 4.34. The summed E-state index contributed by atoms with van der Waals surface area (Å²) >= 11 is 0. The van der Waals surface area contributed by atoms with Gasteiger partial charge in [-0.15, -0.1) is 0 Å². The Hall–Kier alpha value is -1.10. The molecule has 0 radical (unpaired) electrons. The number of nitrogens with one attached hydrogen (secondary N) is 2. The standard InChI is InChI=1S/C12H23N3O2/c1-3-12(13,4-2)11(17)14-8-7-10(16)15-9-5-6-9/h9H,3-8,13H2,1-2H3,(H,14,17)(H,15,16). The van der Waals surface area contributed by atoms with E-state index in [2.05, 4.69) is 10.6 Å². The van der Waals surface area contributed by atoms with E-state index in [9.17, 15) is 9.59 Å². The van der Waals surface area contributed by atoms with Crippen LogP contribution in [-0.4, -0.2) is 29.9 Å². The first kappa shape index (κ1) is 14.0. The van der Waals surface area contributed by atoms with E-state index in [0.717, 1.165) is 12.8 Å². The summed E-state index contributed by atoms with van der Waals surface area (Å²) < 4.78 is 0. The quantitative estimate of drug-likeness (QED) is 0.599. The highest BCUT2D eigenvalue weighted by atomic mass is 16.2. The van der Waals surface area contributed by atoms with Gasteiger partial charge in [0.25, 0.3) is 0 Å². The van der Waals surface area contributed by atoms with Crippen molar-refractivity contribution in [3.05, 3.63) is 0 Å². The molecular weight excluding hydrogens is 218 g/mol. The molecule has 5 nitrogen and oxygen atoms in total. The molecule has 1 saturated carbocycles. The van der Waals surface area contributed by atoms with Gasteiger partial charge in [-0.1, -0.05) is 13.8 Å². The topological polar surface area (TPSA) is 84.2 Å². The second-order valence-corrected chi connectivity index (χ2v) is 4.71. The molecule has 0 atom stereocenters. The summed E-state index contributed by atoms with van der Waals surface area (Å²) in [5.74, 6) is -0.162. The van der Waals surface area contributed by atoms with E-state index in [-0.39, 0.29) is 11.8 Å². The van der Waals surface area contributed by atoms with Crippen LogP contribution in [0.15, 0.2) is 0 Å². The molecule has 4 N–H and O–H groups in total. The van der Waals surface area contributed by atoms with Crippen molar-refractivity contribution in [2.75, 3.05) is 6.54 Å². The van der Waals surface area contributed by atoms with Gasteiger partial charge in [0.05, 0.1) is 5.54 Å². The third-order valence-corrected chi connectivity index (χ3v) is 3.29. The van der Waals surface area contributed by atoms with E-state index in [1.54, 1.807) is 0 Å². The molecule has 98 valence electrons. The van der Waals surface area contributed by atoms with Crippen LogP contribution in [0.25, 0.3) is 0 Å². The van der Waals surface area contributed by atoms with Crippen molar-refractivity contribution >= 4 is 11.8 Å². The maximum atomic E-state index is 11.8. The van der Waals surface area contributed by atoms with Gasteiger partial charge < -0.3 is 16.4 Å². The smallest absolute Gasteiger partial charge is 0.240 e. The molecule has 1 aliphatic carbocycles. The van der Waals surface area contributed by atoms with Gasteiger partial charge in [-0.2, -0.15) is 0 Å². The molecule has 0 aromatic heterocycles. The van der Waals surface area contributed by atoms with Crippen LogP contribution in [0.4, 0.5) is 0 Å². The molecule has 0 aromatic carbocycles. The van der Waals surface area contributed by atoms with Crippen LogP contribution in [0.1, 0.15) is 46.0 Å². The highest BCUT2D eigenvalue weighted by Crippen LogP contribution is 2.18. The number of carbonyl (C=O) groups excluding carboxylic acids is 2. The Morgan fingerprint density at radius 1 is 1.29 bits per heavy atom. The van der Waals surface area contributed by atoms with E-state index in [0.29, 0.717) is 31.8 Å². The monoisotopic (exact) mass is 241 g/mol. The lowest BCUT2D eigenvalue weighted by atomic mass is 9.93. The number of hydrogen-bond donors (Lipinski definition) is 3. The second-order valence-electron chi connectivity index (χ2n) is 4.71. The largest absolute Gasteiger partial charge is 0.354 e. The summed E-state index contributed by atoms with van der Waals surface area (Å²) in [6.07, 6.45) is 3.68. The molecule has 1 fully saturated rings. The molecule has 5 heteroatoms. The van der Waals surface area contributed by atoms with E-state index in [4.69, 9.17) is 5.73 Å². The second kappa shape index (κ2) is 6.00. The van der Waals surface area contributed by atoms with Crippen molar-refractivity contribution < 1.29 is 9.59 Å². The van der Waals surface area contributed by atoms with Crippen LogP contribution >= 0.6 is 0 Å². The van der Waals surface area contributed by atoms with Crippen LogP contribution in [0, 0.1) is 0 Å². The molecule has 0 aromatic rings. The van der Waals surface area contributed by atoms with Gasteiger partial charge in [0, 0.05) is 19.0 Å². The predicted molar refractivity (Wildman–Crippen MR) is 66.3 cm³/mol. The number of nitrogens with two attached hydrogens (primary N) is 1. The Labute approximate surface area is 103 Å². The molecule has 0 aliphatic heterocycles. The molecular formula is C12H23N3O2. The number of carbonyl (C=O) groups is 2.